The summed E-state index contributed by atoms with van der Waals surface area (Å²) in [5.41, 5.74) is 8.24. The number of nitrogens with zero attached hydrogens (tertiary/aromatic N) is 3. The lowest BCUT2D eigenvalue weighted by molar-refractivity contribution is -0.0950. The van der Waals surface area contributed by atoms with Crippen LogP contribution >= 0.6 is 7.60 Å². The second-order valence-corrected chi connectivity index (χ2v) is 6.73. The second-order valence-electron chi connectivity index (χ2n) is 4.95. The van der Waals surface area contributed by atoms with Crippen molar-refractivity contribution in [2.24, 2.45) is 17.0 Å². The molecule has 0 aliphatic rings. The summed E-state index contributed by atoms with van der Waals surface area (Å²) in [4.78, 5) is 21.9. The molecule has 0 aromatic heterocycles. The van der Waals surface area contributed by atoms with Gasteiger partial charge < -0.3 is 14.5 Å². The minimum Gasteiger partial charge on any atom is -0.359 e. The molecule has 0 saturated carbocycles. The van der Waals surface area contributed by atoms with Gasteiger partial charge in [0.25, 0.3) is 0 Å². The van der Waals surface area contributed by atoms with Crippen molar-refractivity contribution in [3.8, 4) is 0 Å². The molecule has 0 radical (unpaired) electrons. The Morgan fingerprint density at radius 3 is 2.00 bits per heavy atom. The molecule has 106 valence electrons. The largest absolute Gasteiger partial charge is 0.359 e. The summed E-state index contributed by atoms with van der Waals surface area (Å²) in [5.74, 6) is -0.737. The molecule has 0 bridgehead atoms. The summed E-state index contributed by atoms with van der Waals surface area (Å²) >= 11 is 0. The van der Waals surface area contributed by atoms with E-state index in [2.05, 4.69) is 10.0 Å². The predicted octanol–water partition coefficient (Wildman–Crippen LogP) is 2.89. The lowest BCUT2D eigenvalue weighted by Crippen LogP contribution is -2.46. The first-order valence-corrected chi connectivity index (χ1v) is 7.45. The average Bonchev–Trinajstić information content (AvgIpc) is 2.19. The van der Waals surface area contributed by atoms with Crippen molar-refractivity contribution in [1.82, 2.24) is 0 Å². The SMILES string of the molecule is CC(CN=[N+]=[N-])OC(C(C)C)(C(C)C)P(=O)(O)O. The first kappa shape index (κ1) is 17.4. The minimum atomic E-state index is -4.46. The van der Waals surface area contributed by atoms with Crippen LogP contribution in [0, 0.1) is 11.8 Å². The Hall–Kier alpha value is -0.580. The quantitative estimate of drug-likeness (QED) is 0.322. The Kier molecular flexibility index (Phi) is 6.34. The van der Waals surface area contributed by atoms with Crippen LogP contribution in [0.2, 0.25) is 0 Å². The third-order valence-corrected chi connectivity index (χ3v) is 4.95. The second kappa shape index (κ2) is 6.55. The Bertz CT molecular complexity index is 352. The van der Waals surface area contributed by atoms with Crippen molar-refractivity contribution < 1.29 is 19.1 Å². The highest BCUT2D eigenvalue weighted by atomic mass is 31.2. The molecule has 0 amide bonds. The number of ether oxygens (including phenoxy) is 1. The summed E-state index contributed by atoms with van der Waals surface area (Å²) in [5, 5.41) is 1.80. The lowest BCUT2D eigenvalue weighted by Gasteiger charge is -2.42. The van der Waals surface area contributed by atoms with E-state index in [1.54, 1.807) is 34.6 Å². The van der Waals surface area contributed by atoms with Crippen molar-refractivity contribution in [2.75, 3.05) is 6.54 Å². The molecule has 0 aromatic rings. The fourth-order valence-electron chi connectivity index (χ4n) is 2.19. The highest BCUT2D eigenvalue weighted by Gasteiger charge is 2.53. The third-order valence-electron chi connectivity index (χ3n) is 2.90. The van der Waals surface area contributed by atoms with Gasteiger partial charge in [-0.1, -0.05) is 32.8 Å². The van der Waals surface area contributed by atoms with Crippen LogP contribution in [0.15, 0.2) is 5.11 Å². The Balaban J connectivity index is 5.34. The Labute approximate surface area is 107 Å². The predicted molar refractivity (Wildman–Crippen MR) is 69.0 cm³/mol. The van der Waals surface area contributed by atoms with Crippen LogP contribution in [0.25, 0.3) is 10.4 Å². The summed E-state index contributed by atoms with van der Waals surface area (Å²) < 4.78 is 17.4. The van der Waals surface area contributed by atoms with E-state index in [-0.39, 0.29) is 18.4 Å². The standard InChI is InChI=1S/C10H22N3O4P/c1-7(2)10(8(3)4,18(14,15)16)17-9(5)6-12-13-11/h7-9H,6H2,1-5H3,(H2,14,15,16). The molecule has 7 nitrogen and oxygen atoms in total. The van der Waals surface area contributed by atoms with Gasteiger partial charge in [-0.25, -0.2) is 0 Å². The van der Waals surface area contributed by atoms with Gasteiger partial charge in [-0.15, -0.1) is 0 Å². The van der Waals surface area contributed by atoms with Gasteiger partial charge in [0.15, 0.2) is 5.34 Å². The maximum atomic E-state index is 11.8. The van der Waals surface area contributed by atoms with Crippen LogP contribution in [-0.2, 0) is 9.30 Å². The van der Waals surface area contributed by atoms with Crippen LogP contribution in [0.1, 0.15) is 34.6 Å². The van der Waals surface area contributed by atoms with Crippen molar-refractivity contribution in [1.29, 1.82) is 0 Å². The molecule has 0 aromatic carbocycles. The Morgan fingerprint density at radius 1 is 1.28 bits per heavy atom. The van der Waals surface area contributed by atoms with Crippen LogP contribution in [0.4, 0.5) is 0 Å². The van der Waals surface area contributed by atoms with Gasteiger partial charge in [-0.05, 0) is 24.3 Å². The van der Waals surface area contributed by atoms with Crippen LogP contribution in [-0.4, -0.2) is 27.8 Å². The minimum absolute atomic E-state index is 0.0394. The summed E-state index contributed by atoms with van der Waals surface area (Å²) in [7, 11) is -4.46. The summed E-state index contributed by atoms with van der Waals surface area (Å²) in [6.45, 7) is 8.50. The van der Waals surface area contributed by atoms with Crippen molar-refractivity contribution >= 4 is 7.60 Å². The zero-order valence-corrected chi connectivity index (χ0v) is 12.3. The molecule has 18 heavy (non-hydrogen) atoms. The molecule has 0 heterocycles. The van der Waals surface area contributed by atoms with E-state index >= 15 is 0 Å². The van der Waals surface area contributed by atoms with E-state index in [1.165, 1.54) is 0 Å². The maximum Gasteiger partial charge on any atom is 0.357 e. The normalized spacial score (nSPS) is 14.7. The van der Waals surface area contributed by atoms with Crippen LogP contribution < -0.4 is 0 Å². The molecule has 0 aliphatic heterocycles. The van der Waals surface area contributed by atoms with E-state index < -0.39 is 19.0 Å². The first-order chi connectivity index (χ1) is 8.09. The van der Waals surface area contributed by atoms with Gasteiger partial charge in [-0.2, -0.15) is 0 Å². The van der Waals surface area contributed by atoms with Gasteiger partial charge in [0.1, 0.15) is 0 Å². The van der Waals surface area contributed by atoms with Gasteiger partial charge in [0.05, 0.1) is 12.6 Å². The zero-order chi connectivity index (χ0) is 14.6. The van der Waals surface area contributed by atoms with Crippen LogP contribution in [0.3, 0.4) is 0 Å². The monoisotopic (exact) mass is 279 g/mol. The van der Waals surface area contributed by atoms with Gasteiger partial charge in [0.2, 0.25) is 0 Å². The molecule has 0 saturated heterocycles. The van der Waals surface area contributed by atoms with E-state index in [0.29, 0.717) is 0 Å². The van der Waals surface area contributed by atoms with Gasteiger partial charge in [-0.3, -0.25) is 4.57 Å². The molecule has 8 heteroatoms. The number of rotatable bonds is 7. The molecule has 1 unspecified atom stereocenters. The Morgan fingerprint density at radius 2 is 1.72 bits per heavy atom. The molecule has 2 N–H and O–H groups in total. The topological polar surface area (TPSA) is 116 Å². The third kappa shape index (κ3) is 3.70. The molecule has 0 rings (SSSR count). The molecular formula is C10H22N3O4P. The summed E-state index contributed by atoms with van der Waals surface area (Å²) in [6, 6.07) is 0. The highest BCUT2D eigenvalue weighted by Crippen LogP contribution is 2.59. The van der Waals surface area contributed by atoms with Gasteiger partial charge >= 0.3 is 7.60 Å². The number of hydrogen-bond acceptors (Lipinski definition) is 3. The average molecular weight is 279 g/mol. The first-order valence-electron chi connectivity index (χ1n) is 5.83. The summed E-state index contributed by atoms with van der Waals surface area (Å²) in [6.07, 6.45) is -0.557. The van der Waals surface area contributed by atoms with E-state index in [0.717, 1.165) is 0 Å². The van der Waals surface area contributed by atoms with Crippen molar-refractivity contribution in [3.05, 3.63) is 10.4 Å². The molecule has 1 atom stereocenters. The number of azide groups is 1. The van der Waals surface area contributed by atoms with E-state index in [9.17, 15) is 14.4 Å². The molecule has 0 spiro atoms. The number of hydrogen-bond donors (Lipinski definition) is 2. The maximum absolute atomic E-state index is 11.8. The van der Waals surface area contributed by atoms with Gasteiger partial charge in [0, 0.05) is 4.91 Å². The fraction of sp³-hybridized carbons (Fsp3) is 1.00. The fourth-order valence-corrected chi connectivity index (χ4v) is 3.85. The molecular weight excluding hydrogens is 257 g/mol. The molecule has 0 fully saturated rings. The zero-order valence-electron chi connectivity index (χ0n) is 11.4. The van der Waals surface area contributed by atoms with Crippen LogP contribution in [0.5, 0.6) is 0 Å². The van der Waals surface area contributed by atoms with Crippen molar-refractivity contribution in [2.45, 2.75) is 46.1 Å². The van der Waals surface area contributed by atoms with E-state index in [1.807, 2.05) is 0 Å². The highest BCUT2D eigenvalue weighted by molar-refractivity contribution is 7.53. The van der Waals surface area contributed by atoms with Crippen molar-refractivity contribution in [3.63, 3.8) is 0 Å². The molecule has 0 aliphatic carbocycles. The lowest BCUT2D eigenvalue weighted by atomic mass is 9.95. The smallest absolute Gasteiger partial charge is 0.357 e. The van der Waals surface area contributed by atoms with E-state index in [4.69, 9.17) is 10.3 Å².